The van der Waals surface area contributed by atoms with Crippen molar-refractivity contribution in [1.82, 2.24) is 19.3 Å². The molecule has 2 heterocycles. The zero-order valence-corrected chi connectivity index (χ0v) is 22.4. The van der Waals surface area contributed by atoms with Gasteiger partial charge in [0.25, 0.3) is 5.91 Å². The molecular formula is C27H24N4O5S2. The number of nitrogens with zero attached hydrogens (tertiary/aromatic N) is 2. The number of benzene rings is 2. The normalized spacial score (nSPS) is 14.4. The molecule has 38 heavy (non-hydrogen) atoms. The molecule has 1 amide bonds. The number of allylic oxidation sites excluding steroid dienone is 1. The Labute approximate surface area is 223 Å². The number of carbonyl (C=O) groups excluding carboxylic acids is 1. The van der Waals surface area contributed by atoms with Crippen molar-refractivity contribution in [3.05, 3.63) is 109 Å². The standard InChI is InChI=1S/C27H24N4O5S2/c1-15-7-8-19-20(10-9-17-16(2)5-4-6-18(17)21(19)11-15)22-12-28-27(33)31(26(22)37)13-24-29-23(14-36-24)25(32)30-38(3,34)35/h4-12,14,20H,13H2,1-3H3,(H,28,33)(H,30,32). The third-order valence-electron chi connectivity index (χ3n) is 6.39. The van der Waals surface area contributed by atoms with E-state index in [1.165, 1.54) is 4.57 Å². The minimum absolute atomic E-state index is 0.0258. The Hall–Kier alpha value is -4.09. The van der Waals surface area contributed by atoms with Crippen LogP contribution in [0.3, 0.4) is 0 Å². The van der Waals surface area contributed by atoms with Crippen molar-refractivity contribution < 1.29 is 17.6 Å². The highest BCUT2D eigenvalue weighted by Crippen LogP contribution is 2.41. The van der Waals surface area contributed by atoms with Gasteiger partial charge in [-0.2, -0.15) is 0 Å². The van der Waals surface area contributed by atoms with E-state index in [0.29, 0.717) is 5.56 Å². The van der Waals surface area contributed by atoms with Gasteiger partial charge in [-0.15, -0.1) is 0 Å². The number of amides is 1. The maximum Gasteiger partial charge on any atom is 0.327 e. The van der Waals surface area contributed by atoms with Gasteiger partial charge in [0.15, 0.2) is 5.69 Å². The first-order valence-corrected chi connectivity index (χ1v) is 14.0. The number of hydrogen-bond donors (Lipinski definition) is 2. The number of aryl methyl sites for hydroxylation is 2. The summed E-state index contributed by atoms with van der Waals surface area (Å²) in [5, 5.41) is 0. The summed E-state index contributed by atoms with van der Waals surface area (Å²) in [4.78, 5) is 31.7. The average Bonchev–Trinajstić information content (AvgIpc) is 3.25. The zero-order valence-electron chi connectivity index (χ0n) is 20.8. The van der Waals surface area contributed by atoms with Gasteiger partial charge in [-0.25, -0.2) is 22.9 Å². The van der Waals surface area contributed by atoms with Gasteiger partial charge in [-0.1, -0.05) is 66.3 Å². The molecule has 5 rings (SSSR count). The van der Waals surface area contributed by atoms with E-state index in [-0.39, 0.29) is 28.7 Å². The zero-order chi connectivity index (χ0) is 27.2. The highest BCUT2D eigenvalue weighted by molar-refractivity contribution is 7.89. The van der Waals surface area contributed by atoms with Crippen LogP contribution >= 0.6 is 12.2 Å². The van der Waals surface area contributed by atoms with E-state index < -0.39 is 21.6 Å². The summed E-state index contributed by atoms with van der Waals surface area (Å²) in [7, 11) is -3.77. The van der Waals surface area contributed by atoms with E-state index in [0.717, 1.165) is 45.9 Å². The van der Waals surface area contributed by atoms with Gasteiger partial charge < -0.3 is 9.40 Å². The number of fused-ring (bicyclic) bond motifs is 3. The molecule has 11 heteroatoms. The minimum atomic E-state index is -3.77. The van der Waals surface area contributed by atoms with Gasteiger partial charge in [0, 0.05) is 17.7 Å². The molecule has 1 aliphatic rings. The first kappa shape index (κ1) is 25.6. The summed E-state index contributed by atoms with van der Waals surface area (Å²) in [5.41, 5.74) is 6.71. The lowest BCUT2D eigenvalue weighted by Crippen LogP contribution is -2.29. The number of oxazole rings is 1. The molecule has 4 aromatic rings. The second-order valence-electron chi connectivity index (χ2n) is 9.23. The van der Waals surface area contributed by atoms with Gasteiger partial charge in [-0.05, 0) is 41.7 Å². The number of hydrogen-bond acceptors (Lipinski definition) is 7. The molecule has 2 N–H and O–H groups in total. The van der Waals surface area contributed by atoms with Crippen molar-refractivity contribution in [3.8, 4) is 11.1 Å². The smallest absolute Gasteiger partial charge is 0.327 e. The fourth-order valence-corrected chi connectivity index (χ4v) is 5.39. The van der Waals surface area contributed by atoms with Crippen LogP contribution in [0.2, 0.25) is 0 Å². The highest BCUT2D eigenvalue weighted by Gasteiger charge is 2.24. The second-order valence-corrected chi connectivity index (χ2v) is 11.4. The molecular weight excluding hydrogens is 524 g/mol. The van der Waals surface area contributed by atoms with Gasteiger partial charge in [0.1, 0.15) is 17.4 Å². The van der Waals surface area contributed by atoms with Crippen LogP contribution in [-0.4, -0.2) is 35.1 Å². The summed E-state index contributed by atoms with van der Waals surface area (Å²) < 4.78 is 31.5. The van der Waals surface area contributed by atoms with E-state index in [1.54, 1.807) is 6.20 Å². The predicted molar refractivity (Wildman–Crippen MR) is 146 cm³/mol. The van der Waals surface area contributed by atoms with Crippen LogP contribution in [0.15, 0.2) is 64.1 Å². The molecule has 0 radical (unpaired) electrons. The maximum atomic E-state index is 12.8. The Kier molecular flexibility index (Phi) is 6.49. The summed E-state index contributed by atoms with van der Waals surface area (Å²) in [6.45, 7) is 3.98. The first-order chi connectivity index (χ1) is 18.0. The number of nitrogens with one attached hydrogen (secondary N) is 2. The second kappa shape index (κ2) is 9.66. The van der Waals surface area contributed by atoms with Crippen molar-refractivity contribution in [2.45, 2.75) is 26.3 Å². The lowest BCUT2D eigenvalue weighted by Gasteiger charge is -2.19. The molecule has 1 atom stereocenters. The van der Waals surface area contributed by atoms with Crippen LogP contribution in [0.4, 0.5) is 0 Å². The predicted octanol–water partition coefficient (Wildman–Crippen LogP) is 4.07. The molecule has 0 aliphatic heterocycles. The van der Waals surface area contributed by atoms with E-state index >= 15 is 0 Å². The topological polar surface area (TPSA) is 127 Å². The van der Waals surface area contributed by atoms with Crippen molar-refractivity contribution in [1.29, 1.82) is 0 Å². The van der Waals surface area contributed by atoms with Crippen molar-refractivity contribution in [2.24, 2.45) is 0 Å². The van der Waals surface area contributed by atoms with Crippen LogP contribution in [0, 0.1) is 18.5 Å². The minimum Gasteiger partial charge on any atom is -0.446 e. The van der Waals surface area contributed by atoms with E-state index in [2.05, 4.69) is 66.3 Å². The summed E-state index contributed by atoms with van der Waals surface area (Å²) in [6.07, 6.45) is 7.69. The molecule has 1 aliphatic carbocycles. The number of aromatic amines is 1. The van der Waals surface area contributed by atoms with E-state index in [9.17, 15) is 18.0 Å². The molecule has 0 spiro atoms. The van der Waals surface area contributed by atoms with Crippen LogP contribution < -0.4 is 10.4 Å². The van der Waals surface area contributed by atoms with Gasteiger partial charge in [0.05, 0.1) is 6.26 Å². The molecule has 194 valence electrons. The Balaban J connectivity index is 1.57. The van der Waals surface area contributed by atoms with Gasteiger partial charge in [0.2, 0.25) is 15.9 Å². The maximum absolute atomic E-state index is 12.8. The van der Waals surface area contributed by atoms with Crippen LogP contribution in [0.1, 0.15) is 50.1 Å². The Morgan fingerprint density at radius 2 is 1.97 bits per heavy atom. The number of carbonyl (C=O) groups is 1. The first-order valence-electron chi connectivity index (χ1n) is 11.7. The SMILES string of the molecule is Cc1ccc2c(c1)-c1cccc(C)c1C=CC2c1c[nH]c(=O)n(Cc2nc(C(=O)NS(C)(=O)=O)co2)c1=S. The molecule has 0 fully saturated rings. The van der Waals surface area contributed by atoms with E-state index in [4.69, 9.17) is 16.6 Å². The summed E-state index contributed by atoms with van der Waals surface area (Å²) in [5.74, 6) is -1.15. The van der Waals surface area contributed by atoms with Crippen molar-refractivity contribution in [2.75, 3.05) is 6.26 Å². The Morgan fingerprint density at radius 1 is 1.18 bits per heavy atom. The average molecular weight is 549 g/mol. The molecule has 0 saturated carbocycles. The highest BCUT2D eigenvalue weighted by atomic mass is 32.2. The van der Waals surface area contributed by atoms with Crippen molar-refractivity contribution in [3.63, 3.8) is 0 Å². The molecule has 0 saturated heterocycles. The van der Waals surface area contributed by atoms with Crippen molar-refractivity contribution >= 4 is 34.2 Å². The lowest BCUT2D eigenvalue weighted by atomic mass is 9.87. The number of sulfonamides is 1. The monoisotopic (exact) mass is 548 g/mol. The van der Waals surface area contributed by atoms with Crippen LogP contribution in [0.25, 0.3) is 17.2 Å². The summed E-state index contributed by atoms with van der Waals surface area (Å²) in [6, 6.07) is 12.5. The fourth-order valence-electron chi connectivity index (χ4n) is 4.62. The molecule has 9 nitrogen and oxygen atoms in total. The fraction of sp³-hybridized carbons (Fsp3) is 0.185. The van der Waals surface area contributed by atoms with Crippen LogP contribution in [-0.2, 0) is 16.6 Å². The number of rotatable bonds is 5. The molecule has 1 unspecified atom stereocenters. The third-order valence-corrected chi connectivity index (χ3v) is 7.41. The Bertz CT molecular complexity index is 1850. The number of H-pyrrole nitrogens is 1. The molecule has 0 bridgehead atoms. The van der Waals surface area contributed by atoms with Gasteiger partial charge >= 0.3 is 5.69 Å². The number of aromatic nitrogens is 3. The molecule has 2 aromatic carbocycles. The third kappa shape index (κ3) is 4.90. The quantitative estimate of drug-likeness (QED) is 0.360. The Morgan fingerprint density at radius 3 is 2.74 bits per heavy atom. The largest absolute Gasteiger partial charge is 0.446 e. The summed E-state index contributed by atoms with van der Waals surface area (Å²) >= 11 is 5.78. The molecule has 2 aromatic heterocycles. The van der Waals surface area contributed by atoms with Gasteiger partial charge in [-0.3, -0.25) is 9.36 Å². The van der Waals surface area contributed by atoms with E-state index in [1.807, 2.05) is 10.8 Å². The van der Waals surface area contributed by atoms with Crippen LogP contribution in [0.5, 0.6) is 0 Å². The lowest BCUT2D eigenvalue weighted by molar-refractivity contribution is 0.0976.